The van der Waals surface area contributed by atoms with Gasteiger partial charge in [0, 0.05) is 10.6 Å². The van der Waals surface area contributed by atoms with Gasteiger partial charge in [-0.1, -0.05) is 0 Å². The Kier molecular flexibility index (Phi) is 3.52. The zero-order valence-corrected chi connectivity index (χ0v) is 11.1. The van der Waals surface area contributed by atoms with Crippen LogP contribution in [0, 0.1) is 0 Å². The van der Waals surface area contributed by atoms with E-state index in [1.165, 1.54) is 23.1 Å². The van der Waals surface area contributed by atoms with Crippen LogP contribution in [-0.4, -0.2) is 33.3 Å². The summed E-state index contributed by atoms with van der Waals surface area (Å²) in [4.78, 5) is 15.3. The first kappa shape index (κ1) is 12.8. The average molecular weight is 265 g/mol. The molecule has 0 aromatic heterocycles. The van der Waals surface area contributed by atoms with Crippen LogP contribution in [0.25, 0.3) is 0 Å². The molecule has 96 valence electrons. The number of phenols is 2. The van der Waals surface area contributed by atoms with Crippen molar-refractivity contribution in [2.45, 2.75) is 13.8 Å². The molecular weight excluding hydrogens is 250 g/mol. The number of hydrogen-bond acceptors (Lipinski definition) is 5. The summed E-state index contributed by atoms with van der Waals surface area (Å²) in [5.74, 6) is 0.444. The van der Waals surface area contributed by atoms with Crippen LogP contribution in [0.4, 0.5) is 0 Å². The number of allylic oxidation sites excluding steroid dienone is 2. The molecule has 2 N–H and O–H groups in total. The van der Waals surface area contributed by atoms with E-state index in [9.17, 15) is 15.0 Å². The molecule has 0 radical (unpaired) electrons. The molecule has 1 aliphatic rings. The predicted octanol–water partition coefficient (Wildman–Crippen LogP) is 2.54. The Labute approximate surface area is 110 Å². The molecule has 0 aliphatic carbocycles. The molecule has 0 saturated carbocycles. The van der Waals surface area contributed by atoms with E-state index in [1.807, 2.05) is 18.7 Å². The van der Waals surface area contributed by atoms with Gasteiger partial charge >= 0.3 is 0 Å². The van der Waals surface area contributed by atoms with E-state index in [4.69, 9.17) is 0 Å². The normalized spacial score (nSPS) is 15.3. The van der Waals surface area contributed by atoms with Crippen LogP contribution in [0.5, 0.6) is 11.5 Å². The molecule has 2 rings (SSSR count). The molecule has 0 unspecified atom stereocenters. The summed E-state index contributed by atoms with van der Waals surface area (Å²) in [7, 11) is 0. The van der Waals surface area contributed by atoms with Gasteiger partial charge in [0.25, 0.3) is 0 Å². The molecule has 5 heteroatoms. The molecule has 0 amide bonds. The van der Waals surface area contributed by atoms with E-state index in [0.29, 0.717) is 0 Å². The van der Waals surface area contributed by atoms with Crippen LogP contribution >= 0.6 is 11.8 Å². The van der Waals surface area contributed by atoms with Crippen molar-refractivity contribution < 1.29 is 15.0 Å². The monoisotopic (exact) mass is 265 g/mol. The first-order valence-corrected chi connectivity index (χ1v) is 6.58. The van der Waals surface area contributed by atoms with Crippen LogP contribution in [0.3, 0.4) is 0 Å². The van der Waals surface area contributed by atoms with Gasteiger partial charge in [-0.15, -0.1) is 11.8 Å². The standard InChI is InChI=1S/C13H15NO3S/c1-8-9(2)18-7-14(8)6-13(17)11-5-10(15)3-4-12(11)16/h3-5,15-16H,6-7H2,1-2H3. The summed E-state index contributed by atoms with van der Waals surface area (Å²) in [6.07, 6.45) is 0. The van der Waals surface area contributed by atoms with Crippen LogP contribution in [0.1, 0.15) is 24.2 Å². The highest BCUT2D eigenvalue weighted by molar-refractivity contribution is 8.03. The Hall–Kier alpha value is -1.62. The SMILES string of the molecule is CC1=C(C)N(CC(=O)c2cc(O)ccc2O)CS1. The fraction of sp³-hybridized carbons (Fsp3) is 0.308. The van der Waals surface area contributed by atoms with E-state index < -0.39 is 0 Å². The largest absolute Gasteiger partial charge is 0.508 e. The first-order valence-electron chi connectivity index (χ1n) is 5.59. The zero-order chi connectivity index (χ0) is 13.3. The second kappa shape index (κ2) is 4.94. The highest BCUT2D eigenvalue weighted by atomic mass is 32.2. The summed E-state index contributed by atoms with van der Waals surface area (Å²) in [5.41, 5.74) is 1.25. The molecule has 1 aromatic rings. The van der Waals surface area contributed by atoms with E-state index in [1.54, 1.807) is 11.8 Å². The van der Waals surface area contributed by atoms with Crippen LogP contribution in [0.15, 0.2) is 28.8 Å². The topological polar surface area (TPSA) is 60.8 Å². The number of benzene rings is 1. The second-order valence-electron chi connectivity index (χ2n) is 4.24. The number of thioether (sulfide) groups is 1. The van der Waals surface area contributed by atoms with Crippen molar-refractivity contribution in [3.8, 4) is 11.5 Å². The maximum absolute atomic E-state index is 12.1. The van der Waals surface area contributed by atoms with Gasteiger partial charge in [-0.2, -0.15) is 0 Å². The first-order chi connectivity index (χ1) is 8.49. The Balaban J connectivity index is 2.16. The number of ketones is 1. The molecule has 0 saturated heterocycles. The number of carbonyl (C=O) groups is 1. The highest BCUT2D eigenvalue weighted by Crippen LogP contribution is 2.31. The number of phenolic OH excluding ortho intramolecular Hbond substituents is 2. The lowest BCUT2D eigenvalue weighted by Gasteiger charge is -2.18. The van der Waals surface area contributed by atoms with Gasteiger partial charge < -0.3 is 15.1 Å². The Morgan fingerprint density at radius 1 is 1.39 bits per heavy atom. The number of hydrogen-bond donors (Lipinski definition) is 2. The molecule has 0 fully saturated rings. The van der Waals surface area contributed by atoms with Crippen molar-refractivity contribution in [2.24, 2.45) is 0 Å². The maximum Gasteiger partial charge on any atom is 0.185 e. The maximum atomic E-state index is 12.1. The van der Waals surface area contributed by atoms with Gasteiger partial charge in [0.15, 0.2) is 5.78 Å². The summed E-state index contributed by atoms with van der Waals surface area (Å²) < 4.78 is 0. The number of carbonyl (C=O) groups excluding carboxylic acids is 1. The fourth-order valence-corrected chi connectivity index (χ4v) is 2.74. The third kappa shape index (κ3) is 2.46. The lowest BCUT2D eigenvalue weighted by molar-refractivity contribution is 0.0955. The van der Waals surface area contributed by atoms with Crippen molar-refractivity contribution >= 4 is 17.5 Å². The van der Waals surface area contributed by atoms with Gasteiger partial charge in [-0.25, -0.2) is 0 Å². The van der Waals surface area contributed by atoms with Crippen LogP contribution < -0.4 is 0 Å². The molecule has 18 heavy (non-hydrogen) atoms. The molecule has 1 heterocycles. The van der Waals surface area contributed by atoms with Gasteiger partial charge in [-0.05, 0) is 32.0 Å². The molecule has 4 nitrogen and oxygen atoms in total. The van der Waals surface area contributed by atoms with Crippen molar-refractivity contribution in [2.75, 3.05) is 12.4 Å². The average Bonchev–Trinajstić information content (AvgIpc) is 2.64. The third-order valence-corrected chi connectivity index (χ3v) is 4.20. The summed E-state index contributed by atoms with van der Waals surface area (Å²) in [6.45, 7) is 4.22. The quantitative estimate of drug-likeness (QED) is 0.649. The fourth-order valence-electron chi connectivity index (χ4n) is 1.77. The molecule has 0 bridgehead atoms. The van der Waals surface area contributed by atoms with Crippen molar-refractivity contribution in [1.29, 1.82) is 0 Å². The predicted molar refractivity (Wildman–Crippen MR) is 71.6 cm³/mol. The molecule has 1 aromatic carbocycles. The summed E-state index contributed by atoms with van der Waals surface area (Å²) in [6, 6.07) is 3.98. The smallest absolute Gasteiger partial charge is 0.185 e. The number of Topliss-reactive ketones (excluding diaryl/α,β-unsaturated/α-hetero) is 1. The van der Waals surface area contributed by atoms with Crippen LogP contribution in [-0.2, 0) is 0 Å². The van der Waals surface area contributed by atoms with E-state index in [0.717, 1.165) is 11.6 Å². The summed E-state index contributed by atoms with van der Waals surface area (Å²) in [5, 5.41) is 19.0. The van der Waals surface area contributed by atoms with Crippen molar-refractivity contribution in [1.82, 2.24) is 4.90 Å². The van der Waals surface area contributed by atoms with Crippen LogP contribution in [0.2, 0.25) is 0 Å². The van der Waals surface area contributed by atoms with Crippen molar-refractivity contribution in [3.63, 3.8) is 0 Å². The zero-order valence-electron chi connectivity index (χ0n) is 10.3. The summed E-state index contributed by atoms with van der Waals surface area (Å²) >= 11 is 1.70. The highest BCUT2D eigenvalue weighted by Gasteiger charge is 2.21. The lowest BCUT2D eigenvalue weighted by Crippen LogP contribution is -2.25. The van der Waals surface area contributed by atoms with Gasteiger partial charge in [0.05, 0.1) is 18.0 Å². The van der Waals surface area contributed by atoms with E-state index in [2.05, 4.69) is 0 Å². The van der Waals surface area contributed by atoms with Crippen molar-refractivity contribution in [3.05, 3.63) is 34.4 Å². The molecule has 0 atom stereocenters. The minimum absolute atomic E-state index is 0.0182. The number of nitrogens with zero attached hydrogens (tertiary/aromatic N) is 1. The Morgan fingerprint density at radius 3 is 2.72 bits per heavy atom. The van der Waals surface area contributed by atoms with E-state index >= 15 is 0 Å². The van der Waals surface area contributed by atoms with Gasteiger partial charge in [0.2, 0.25) is 0 Å². The minimum atomic E-state index is -0.196. The van der Waals surface area contributed by atoms with Gasteiger partial charge in [-0.3, -0.25) is 4.79 Å². The number of aromatic hydroxyl groups is 2. The number of rotatable bonds is 3. The molecule has 0 spiro atoms. The second-order valence-corrected chi connectivity index (χ2v) is 5.40. The Bertz CT molecular complexity index is 525. The third-order valence-electron chi connectivity index (χ3n) is 3.04. The van der Waals surface area contributed by atoms with E-state index in [-0.39, 0.29) is 29.4 Å². The minimum Gasteiger partial charge on any atom is -0.508 e. The Morgan fingerprint density at radius 2 is 2.11 bits per heavy atom. The molecular formula is C13H15NO3S. The molecule has 1 aliphatic heterocycles. The lowest BCUT2D eigenvalue weighted by atomic mass is 10.1. The van der Waals surface area contributed by atoms with Gasteiger partial charge in [0.1, 0.15) is 11.5 Å².